The van der Waals surface area contributed by atoms with Crippen LogP contribution in [0.5, 0.6) is 0 Å². The summed E-state index contributed by atoms with van der Waals surface area (Å²) in [7, 11) is 0. The van der Waals surface area contributed by atoms with Gasteiger partial charge in [-0.2, -0.15) is 0 Å². The number of aliphatic hydroxyl groups excluding tert-OH is 1. The third-order valence-corrected chi connectivity index (χ3v) is 3.69. The Hall–Kier alpha value is -0.650. The van der Waals surface area contributed by atoms with Crippen LogP contribution in [0.25, 0.3) is 0 Å². The van der Waals surface area contributed by atoms with E-state index in [-0.39, 0.29) is 24.9 Å². The van der Waals surface area contributed by atoms with Crippen LogP contribution >= 0.6 is 11.6 Å². The molecule has 1 fully saturated rings. The van der Waals surface area contributed by atoms with Crippen LogP contribution in [0.4, 0.5) is 0 Å². The van der Waals surface area contributed by atoms with Crippen molar-refractivity contribution in [2.24, 2.45) is 5.73 Å². The molecule has 5 heteroatoms. The molecule has 1 aliphatic rings. The maximum absolute atomic E-state index is 9.29. The van der Waals surface area contributed by atoms with Gasteiger partial charge in [0.25, 0.3) is 0 Å². The molecule has 1 heterocycles. The summed E-state index contributed by atoms with van der Waals surface area (Å²) < 4.78 is 5.66. The fraction of sp³-hybridized carbons (Fsp3) is 0.571. The van der Waals surface area contributed by atoms with Gasteiger partial charge in [-0.05, 0) is 24.6 Å². The first-order valence-corrected chi connectivity index (χ1v) is 6.97. The molecular formula is C14H21ClN2O2. The molecule has 0 aromatic heterocycles. The van der Waals surface area contributed by atoms with E-state index in [1.165, 1.54) is 0 Å². The van der Waals surface area contributed by atoms with Crippen molar-refractivity contribution < 1.29 is 9.84 Å². The molecule has 106 valence electrons. The first kappa shape index (κ1) is 14.8. The largest absolute Gasteiger partial charge is 0.394 e. The summed E-state index contributed by atoms with van der Waals surface area (Å²) in [6, 6.07) is 7.90. The highest BCUT2D eigenvalue weighted by molar-refractivity contribution is 6.30. The van der Waals surface area contributed by atoms with Crippen molar-refractivity contribution in [3.05, 3.63) is 34.9 Å². The maximum Gasteiger partial charge on any atom is 0.0936 e. The molecule has 4 nitrogen and oxygen atoms in total. The molecule has 3 unspecified atom stereocenters. The highest BCUT2D eigenvalue weighted by atomic mass is 35.5. The monoisotopic (exact) mass is 284 g/mol. The minimum atomic E-state index is -0.142. The Kier molecular flexibility index (Phi) is 5.19. The third-order valence-electron chi connectivity index (χ3n) is 3.46. The molecule has 1 aliphatic heterocycles. The van der Waals surface area contributed by atoms with Crippen LogP contribution in [0, 0.1) is 0 Å². The molecule has 19 heavy (non-hydrogen) atoms. The molecule has 3 N–H and O–H groups in total. The van der Waals surface area contributed by atoms with E-state index in [0.29, 0.717) is 13.1 Å². The van der Waals surface area contributed by atoms with E-state index in [4.69, 9.17) is 22.1 Å². The van der Waals surface area contributed by atoms with Gasteiger partial charge in [0.15, 0.2) is 0 Å². The van der Waals surface area contributed by atoms with Crippen molar-refractivity contribution in [3.63, 3.8) is 0 Å². The molecule has 0 amide bonds. The molecule has 0 aliphatic carbocycles. The van der Waals surface area contributed by atoms with Crippen LogP contribution in [0.2, 0.25) is 5.02 Å². The van der Waals surface area contributed by atoms with E-state index in [2.05, 4.69) is 4.90 Å². The second-order valence-electron chi connectivity index (χ2n) is 5.01. The zero-order valence-electron chi connectivity index (χ0n) is 11.1. The Morgan fingerprint density at radius 2 is 2.32 bits per heavy atom. The van der Waals surface area contributed by atoms with Crippen LogP contribution < -0.4 is 5.73 Å². The zero-order valence-corrected chi connectivity index (χ0v) is 11.9. The summed E-state index contributed by atoms with van der Waals surface area (Å²) in [5.41, 5.74) is 7.04. The quantitative estimate of drug-likeness (QED) is 0.878. The number of halogens is 1. The fourth-order valence-electron chi connectivity index (χ4n) is 2.65. The lowest BCUT2D eigenvalue weighted by atomic mass is 10.0. The van der Waals surface area contributed by atoms with Crippen LogP contribution in [0.15, 0.2) is 24.3 Å². The van der Waals surface area contributed by atoms with Crippen molar-refractivity contribution in [1.82, 2.24) is 4.90 Å². The molecule has 1 aromatic rings. The number of nitrogens with zero attached hydrogens (tertiary/aromatic N) is 1. The maximum atomic E-state index is 9.29. The van der Waals surface area contributed by atoms with Crippen LogP contribution in [0.3, 0.4) is 0 Å². The predicted octanol–water partition coefficient (Wildman–Crippen LogP) is 1.42. The van der Waals surface area contributed by atoms with Crippen molar-refractivity contribution in [2.45, 2.75) is 25.2 Å². The lowest BCUT2D eigenvalue weighted by Crippen LogP contribution is -2.50. The highest BCUT2D eigenvalue weighted by Crippen LogP contribution is 2.25. The van der Waals surface area contributed by atoms with E-state index in [9.17, 15) is 5.11 Å². The molecular weight excluding hydrogens is 264 g/mol. The standard InChI is InChI=1S/C14H21ClN2O2/c1-10-7-17(8-13(9-18)19-10)14(6-16)11-3-2-4-12(15)5-11/h2-5,10,13-14,18H,6-9,16H2,1H3. The number of benzene rings is 1. The van der Waals surface area contributed by atoms with Gasteiger partial charge in [-0.1, -0.05) is 23.7 Å². The van der Waals surface area contributed by atoms with Gasteiger partial charge in [0.05, 0.1) is 18.8 Å². The minimum Gasteiger partial charge on any atom is -0.394 e. The number of nitrogens with two attached hydrogens (primary N) is 1. The van der Waals surface area contributed by atoms with Crippen molar-refractivity contribution in [1.29, 1.82) is 0 Å². The molecule has 0 saturated carbocycles. The molecule has 1 saturated heterocycles. The Balaban J connectivity index is 2.16. The summed E-state index contributed by atoms with van der Waals surface area (Å²) in [4.78, 5) is 2.26. The van der Waals surface area contributed by atoms with Gasteiger partial charge in [-0.15, -0.1) is 0 Å². The summed E-state index contributed by atoms with van der Waals surface area (Å²) in [6.45, 7) is 4.07. The van der Waals surface area contributed by atoms with E-state index in [0.717, 1.165) is 17.1 Å². The van der Waals surface area contributed by atoms with Crippen LogP contribution in [0.1, 0.15) is 18.5 Å². The number of hydrogen-bond acceptors (Lipinski definition) is 4. The van der Waals surface area contributed by atoms with E-state index < -0.39 is 0 Å². The lowest BCUT2D eigenvalue weighted by molar-refractivity contribution is -0.105. The number of rotatable bonds is 4. The Labute approximate surface area is 119 Å². The SMILES string of the molecule is CC1CN(C(CN)c2cccc(Cl)c2)CC(CO)O1. The second kappa shape index (κ2) is 6.68. The second-order valence-corrected chi connectivity index (χ2v) is 5.45. The normalized spacial score (nSPS) is 26.3. The smallest absolute Gasteiger partial charge is 0.0936 e. The van der Waals surface area contributed by atoms with Crippen molar-refractivity contribution >= 4 is 11.6 Å². The van der Waals surface area contributed by atoms with Gasteiger partial charge in [0.2, 0.25) is 0 Å². The summed E-state index contributed by atoms with van der Waals surface area (Å²) in [6.07, 6.45) is -0.0453. The number of morpholine rings is 1. The van der Waals surface area contributed by atoms with E-state index in [1.54, 1.807) is 0 Å². The van der Waals surface area contributed by atoms with Crippen LogP contribution in [-0.2, 0) is 4.74 Å². The van der Waals surface area contributed by atoms with Gasteiger partial charge < -0.3 is 15.6 Å². The first-order chi connectivity index (χ1) is 9.13. The van der Waals surface area contributed by atoms with E-state index >= 15 is 0 Å². The average Bonchev–Trinajstić information content (AvgIpc) is 2.39. The summed E-state index contributed by atoms with van der Waals surface area (Å²) >= 11 is 6.05. The predicted molar refractivity (Wildman–Crippen MR) is 76.2 cm³/mol. The summed E-state index contributed by atoms with van der Waals surface area (Å²) in [5, 5.41) is 10.0. The molecule has 1 aromatic carbocycles. The van der Waals surface area contributed by atoms with Crippen molar-refractivity contribution in [3.8, 4) is 0 Å². The minimum absolute atomic E-state index is 0.0354. The lowest BCUT2D eigenvalue weighted by Gasteiger charge is -2.40. The number of aliphatic hydroxyl groups is 1. The molecule has 0 radical (unpaired) electrons. The zero-order chi connectivity index (χ0) is 13.8. The van der Waals surface area contributed by atoms with Gasteiger partial charge in [0, 0.05) is 30.7 Å². The summed E-state index contributed by atoms with van der Waals surface area (Å²) in [5.74, 6) is 0. The Bertz CT molecular complexity index is 416. The van der Waals surface area contributed by atoms with Gasteiger partial charge in [-0.25, -0.2) is 0 Å². The Morgan fingerprint density at radius 3 is 2.95 bits per heavy atom. The van der Waals surface area contributed by atoms with E-state index in [1.807, 2.05) is 31.2 Å². The fourth-order valence-corrected chi connectivity index (χ4v) is 2.84. The highest BCUT2D eigenvalue weighted by Gasteiger charge is 2.29. The van der Waals surface area contributed by atoms with Gasteiger partial charge >= 0.3 is 0 Å². The van der Waals surface area contributed by atoms with Gasteiger partial charge in [-0.3, -0.25) is 4.90 Å². The Morgan fingerprint density at radius 1 is 1.53 bits per heavy atom. The number of ether oxygens (including phenoxy) is 1. The van der Waals surface area contributed by atoms with Crippen LogP contribution in [-0.4, -0.2) is 48.5 Å². The molecule has 0 spiro atoms. The topological polar surface area (TPSA) is 58.7 Å². The molecule has 0 bridgehead atoms. The average molecular weight is 285 g/mol. The number of hydrogen-bond donors (Lipinski definition) is 2. The molecule has 3 atom stereocenters. The van der Waals surface area contributed by atoms with Crippen molar-refractivity contribution in [2.75, 3.05) is 26.2 Å². The first-order valence-electron chi connectivity index (χ1n) is 6.60. The van der Waals surface area contributed by atoms with Gasteiger partial charge in [0.1, 0.15) is 0 Å². The molecule has 2 rings (SSSR count). The third kappa shape index (κ3) is 3.68.